The molecule has 0 aliphatic carbocycles. The van der Waals surface area contributed by atoms with Crippen LogP contribution in [-0.4, -0.2) is 12.4 Å². The monoisotopic (exact) mass is 294 g/mol. The minimum Gasteiger partial charge on any atom is -0.493 e. The molecule has 1 aromatic rings. The highest BCUT2D eigenvalue weighted by atomic mass is 32.1. The van der Waals surface area contributed by atoms with Crippen LogP contribution in [0, 0.1) is 18.3 Å². The Balaban J connectivity index is 2.93. The van der Waals surface area contributed by atoms with Crippen LogP contribution in [0.4, 0.5) is 0 Å². The van der Waals surface area contributed by atoms with Crippen LogP contribution in [0.3, 0.4) is 0 Å². The summed E-state index contributed by atoms with van der Waals surface area (Å²) in [5.74, 6) is 2.30. The van der Waals surface area contributed by atoms with Crippen LogP contribution < -0.4 is 4.74 Å². The molecule has 1 unspecified atom stereocenters. The quantitative estimate of drug-likeness (QED) is 0.745. The molecular formula is C18H30OS. The highest BCUT2D eigenvalue weighted by Crippen LogP contribution is 2.34. The molecule has 2 heteroatoms. The molecular weight excluding hydrogens is 264 g/mol. The molecule has 0 bridgehead atoms. The minimum atomic E-state index is 0.0968. The van der Waals surface area contributed by atoms with Crippen LogP contribution in [0.15, 0.2) is 18.2 Å². The van der Waals surface area contributed by atoms with E-state index in [4.69, 9.17) is 4.74 Å². The van der Waals surface area contributed by atoms with Crippen molar-refractivity contribution < 1.29 is 4.74 Å². The van der Waals surface area contributed by atoms with E-state index in [0.29, 0.717) is 5.92 Å². The average molecular weight is 295 g/mol. The number of rotatable bonds is 4. The molecule has 1 rings (SSSR count). The molecule has 0 aliphatic rings. The second-order valence-electron chi connectivity index (χ2n) is 7.81. The van der Waals surface area contributed by atoms with Crippen LogP contribution in [0.1, 0.15) is 52.7 Å². The number of thiol groups is 1. The fourth-order valence-corrected chi connectivity index (χ4v) is 2.78. The van der Waals surface area contributed by atoms with Crippen LogP contribution in [0.2, 0.25) is 0 Å². The van der Waals surface area contributed by atoms with Crippen molar-refractivity contribution in [3.63, 3.8) is 0 Å². The van der Waals surface area contributed by atoms with Gasteiger partial charge >= 0.3 is 0 Å². The third-order valence-electron chi connectivity index (χ3n) is 3.83. The lowest BCUT2D eigenvalue weighted by Crippen LogP contribution is -2.28. The van der Waals surface area contributed by atoms with Crippen molar-refractivity contribution >= 4 is 12.6 Å². The molecule has 0 saturated heterocycles. The van der Waals surface area contributed by atoms with Crippen molar-refractivity contribution in [1.29, 1.82) is 0 Å². The number of hydrogen-bond acceptors (Lipinski definition) is 2. The Bertz CT molecular complexity index is 438. The number of benzene rings is 1. The average Bonchev–Trinajstić information content (AvgIpc) is 2.28. The Morgan fingerprint density at radius 1 is 1.10 bits per heavy atom. The lowest BCUT2D eigenvalue weighted by molar-refractivity contribution is 0.163. The van der Waals surface area contributed by atoms with Gasteiger partial charge in [-0.05, 0) is 35.1 Å². The fraction of sp³-hybridized carbons (Fsp3) is 0.667. The van der Waals surface area contributed by atoms with Gasteiger partial charge in [0.25, 0.3) is 0 Å². The number of ether oxygens (including phenoxy) is 1. The Kier molecular flexibility index (Phi) is 5.60. The van der Waals surface area contributed by atoms with Gasteiger partial charge < -0.3 is 4.74 Å². The summed E-state index contributed by atoms with van der Waals surface area (Å²) in [6.45, 7) is 16.3. The summed E-state index contributed by atoms with van der Waals surface area (Å²) < 4.78 is 6.15. The Labute approximate surface area is 130 Å². The maximum Gasteiger partial charge on any atom is 0.123 e. The molecule has 0 aliphatic heterocycles. The molecule has 0 N–H and O–H groups in total. The molecule has 0 heterocycles. The molecule has 1 aromatic carbocycles. The summed E-state index contributed by atoms with van der Waals surface area (Å²) in [6.07, 6.45) is 0. The van der Waals surface area contributed by atoms with Crippen LogP contribution >= 0.6 is 12.6 Å². The van der Waals surface area contributed by atoms with Gasteiger partial charge in [-0.2, -0.15) is 12.6 Å². The molecule has 0 aromatic heterocycles. The summed E-state index contributed by atoms with van der Waals surface area (Å²) in [5.41, 5.74) is 2.88. The zero-order chi connectivity index (χ0) is 15.6. The molecule has 1 nitrogen and oxygen atoms in total. The molecule has 0 spiro atoms. The third-order valence-corrected chi connectivity index (χ3v) is 4.27. The highest BCUT2D eigenvalue weighted by molar-refractivity contribution is 7.80. The van der Waals surface area contributed by atoms with Crippen molar-refractivity contribution in [1.82, 2.24) is 0 Å². The third kappa shape index (κ3) is 4.73. The van der Waals surface area contributed by atoms with Gasteiger partial charge in [0.1, 0.15) is 5.75 Å². The zero-order valence-corrected chi connectivity index (χ0v) is 15.0. The second-order valence-corrected chi connectivity index (χ2v) is 8.17. The largest absolute Gasteiger partial charge is 0.493 e. The maximum atomic E-state index is 6.15. The van der Waals surface area contributed by atoms with Crippen LogP contribution in [-0.2, 0) is 5.41 Å². The molecule has 20 heavy (non-hydrogen) atoms. The lowest BCUT2D eigenvalue weighted by Gasteiger charge is -2.30. The van der Waals surface area contributed by atoms with E-state index in [1.807, 2.05) is 0 Å². The Morgan fingerprint density at radius 3 is 2.15 bits per heavy atom. The van der Waals surface area contributed by atoms with Crippen molar-refractivity contribution in [2.24, 2.45) is 11.3 Å². The van der Waals surface area contributed by atoms with Crippen molar-refractivity contribution in [3.05, 3.63) is 29.3 Å². The number of hydrogen-bond donors (Lipinski definition) is 1. The summed E-state index contributed by atoms with van der Waals surface area (Å²) >= 11 is 4.47. The molecule has 114 valence electrons. The van der Waals surface area contributed by atoms with E-state index < -0.39 is 0 Å². The first-order chi connectivity index (χ1) is 9.05. The first-order valence-electron chi connectivity index (χ1n) is 7.40. The Morgan fingerprint density at radius 2 is 1.70 bits per heavy atom. The van der Waals surface area contributed by atoms with E-state index >= 15 is 0 Å². The van der Waals surface area contributed by atoms with Gasteiger partial charge in [0.15, 0.2) is 0 Å². The first-order valence-corrected chi connectivity index (χ1v) is 8.03. The second kappa shape index (κ2) is 6.43. The van der Waals surface area contributed by atoms with Gasteiger partial charge in [-0.3, -0.25) is 0 Å². The van der Waals surface area contributed by atoms with Gasteiger partial charge in [-0.15, -0.1) is 0 Å². The van der Waals surface area contributed by atoms with E-state index in [-0.39, 0.29) is 10.8 Å². The van der Waals surface area contributed by atoms with E-state index in [0.717, 1.165) is 18.1 Å². The predicted molar refractivity (Wildman–Crippen MR) is 92.2 cm³/mol. The van der Waals surface area contributed by atoms with Crippen molar-refractivity contribution in [3.8, 4) is 5.75 Å². The summed E-state index contributed by atoms with van der Waals surface area (Å²) in [6, 6.07) is 6.47. The summed E-state index contributed by atoms with van der Waals surface area (Å²) in [4.78, 5) is 0. The van der Waals surface area contributed by atoms with E-state index in [1.165, 1.54) is 11.1 Å². The topological polar surface area (TPSA) is 9.23 Å². The standard InChI is InChI=1S/C18H30OS/c1-13-8-9-16(15(10-13)18(5,6)7)19-11-14(12-20)17(2,3)4/h8-10,14,20H,11-12H2,1-7H3. The Hall–Kier alpha value is -0.630. The predicted octanol–water partition coefficient (Wildman–Crippen LogP) is 5.26. The van der Waals surface area contributed by atoms with E-state index in [9.17, 15) is 0 Å². The number of aryl methyl sites for hydroxylation is 1. The molecule has 0 radical (unpaired) electrons. The van der Waals surface area contributed by atoms with Crippen LogP contribution in [0.5, 0.6) is 5.75 Å². The highest BCUT2D eigenvalue weighted by Gasteiger charge is 2.25. The van der Waals surface area contributed by atoms with Gasteiger partial charge in [0, 0.05) is 5.92 Å². The van der Waals surface area contributed by atoms with Crippen molar-refractivity contribution in [2.45, 2.75) is 53.9 Å². The zero-order valence-electron chi connectivity index (χ0n) is 14.1. The summed E-state index contributed by atoms with van der Waals surface area (Å²) in [7, 11) is 0. The smallest absolute Gasteiger partial charge is 0.123 e. The van der Waals surface area contributed by atoms with Crippen molar-refractivity contribution in [2.75, 3.05) is 12.4 Å². The molecule has 0 saturated carbocycles. The maximum absolute atomic E-state index is 6.15. The molecule has 0 fully saturated rings. The van der Waals surface area contributed by atoms with Gasteiger partial charge in [-0.1, -0.05) is 59.2 Å². The molecule has 0 amide bonds. The fourth-order valence-electron chi connectivity index (χ4n) is 2.12. The SMILES string of the molecule is Cc1ccc(OCC(CS)C(C)(C)C)c(C(C)(C)C)c1. The van der Waals surface area contributed by atoms with E-state index in [1.54, 1.807) is 0 Å². The first kappa shape index (κ1) is 17.4. The lowest BCUT2D eigenvalue weighted by atomic mass is 9.82. The van der Waals surface area contributed by atoms with Gasteiger partial charge in [0.2, 0.25) is 0 Å². The van der Waals surface area contributed by atoms with Gasteiger partial charge in [-0.25, -0.2) is 0 Å². The van der Waals surface area contributed by atoms with E-state index in [2.05, 4.69) is 79.3 Å². The van der Waals surface area contributed by atoms with Crippen LogP contribution in [0.25, 0.3) is 0 Å². The van der Waals surface area contributed by atoms with Gasteiger partial charge in [0.05, 0.1) is 6.61 Å². The summed E-state index contributed by atoms with van der Waals surface area (Å²) in [5, 5.41) is 0. The normalized spacial score (nSPS) is 14.2. The molecule has 1 atom stereocenters. The minimum absolute atomic E-state index is 0.0968.